The van der Waals surface area contributed by atoms with Crippen molar-refractivity contribution in [1.29, 1.82) is 0 Å². The van der Waals surface area contributed by atoms with Crippen LogP contribution < -0.4 is 5.56 Å². The molecule has 0 atom stereocenters. The highest BCUT2D eigenvalue weighted by molar-refractivity contribution is 9.10. The van der Waals surface area contributed by atoms with Crippen LogP contribution in [0, 0.1) is 5.82 Å². The molecule has 0 fully saturated rings. The molecule has 0 spiro atoms. The Morgan fingerprint density at radius 2 is 1.70 bits per heavy atom. The summed E-state index contributed by atoms with van der Waals surface area (Å²) in [6.45, 7) is 0. The van der Waals surface area contributed by atoms with Gasteiger partial charge in [-0.3, -0.25) is 9.36 Å². The molecule has 3 aromatic carbocycles. The molecule has 3 nitrogen and oxygen atoms in total. The first-order valence-corrected chi connectivity index (χ1v) is 9.12. The molecule has 0 aliphatic rings. The summed E-state index contributed by atoms with van der Waals surface area (Å²) in [6.07, 6.45) is 3.68. The zero-order valence-electron chi connectivity index (χ0n) is 14.1. The average molecular weight is 421 g/mol. The first kappa shape index (κ1) is 17.4. The third-order valence-electron chi connectivity index (χ3n) is 4.16. The van der Waals surface area contributed by atoms with E-state index in [4.69, 9.17) is 0 Å². The SMILES string of the molecule is O=c1c2ccccc2nc(C=Cc2cccc(Br)c2)n1-c1ccc(F)cc1. The van der Waals surface area contributed by atoms with Crippen molar-refractivity contribution >= 4 is 39.0 Å². The molecule has 4 aromatic rings. The van der Waals surface area contributed by atoms with E-state index in [-0.39, 0.29) is 11.4 Å². The Balaban J connectivity index is 1.93. The number of para-hydroxylation sites is 1. The summed E-state index contributed by atoms with van der Waals surface area (Å²) >= 11 is 3.45. The maximum absolute atomic E-state index is 13.3. The van der Waals surface area contributed by atoms with Gasteiger partial charge in [0, 0.05) is 4.47 Å². The molecule has 0 N–H and O–H groups in total. The minimum absolute atomic E-state index is 0.193. The molecule has 27 heavy (non-hydrogen) atoms. The molecule has 0 unspecified atom stereocenters. The largest absolute Gasteiger partial charge is 0.268 e. The van der Waals surface area contributed by atoms with Crippen LogP contribution in [0.4, 0.5) is 4.39 Å². The fourth-order valence-electron chi connectivity index (χ4n) is 2.88. The third kappa shape index (κ3) is 3.59. The highest BCUT2D eigenvalue weighted by Gasteiger charge is 2.11. The van der Waals surface area contributed by atoms with Crippen molar-refractivity contribution in [2.75, 3.05) is 0 Å². The average Bonchev–Trinajstić information content (AvgIpc) is 2.68. The lowest BCUT2D eigenvalue weighted by molar-refractivity contribution is 0.627. The van der Waals surface area contributed by atoms with Crippen LogP contribution in [0.15, 0.2) is 82.1 Å². The minimum atomic E-state index is -0.355. The van der Waals surface area contributed by atoms with Crippen molar-refractivity contribution in [3.63, 3.8) is 0 Å². The van der Waals surface area contributed by atoms with E-state index in [0.717, 1.165) is 10.0 Å². The lowest BCUT2D eigenvalue weighted by Gasteiger charge is -2.11. The zero-order chi connectivity index (χ0) is 18.8. The van der Waals surface area contributed by atoms with Gasteiger partial charge in [0.25, 0.3) is 5.56 Å². The van der Waals surface area contributed by atoms with E-state index in [0.29, 0.717) is 22.4 Å². The molecule has 0 saturated heterocycles. The van der Waals surface area contributed by atoms with Gasteiger partial charge < -0.3 is 0 Å². The second-order valence-electron chi connectivity index (χ2n) is 5.99. The molecule has 1 heterocycles. The monoisotopic (exact) mass is 420 g/mol. The van der Waals surface area contributed by atoms with E-state index in [1.165, 1.54) is 16.7 Å². The fraction of sp³-hybridized carbons (Fsp3) is 0. The van der Waals surface area contributed by atoms with Gasteiger partial charge in [0.05, 0.1) is 16.6 Å². The van der Waals surface area contributed by atoms with Crippen molar-refractivity contribution in [2.45, 2.75) is 0 Å². The van der Waals surface area contributed by atoms with E-state index in [1.807, 2.05) is 42.5 Å². The topological polar surface area (TPSA) is 34.9 Å². The van der Waals surface area contributed by atoms with Gasteiger partial charge in [-0.2, -0.15) is 0 Å². The lowest BCUT2D eigenvalue weighted by Crippen LogP contribution is -2.22. The summed E-state index contributed by atoms with van der Waals surface area (Å²) in [5.74, 6) is 0.122. The van der Waals surface area contributed by atoms with Gasteiger partial charge in [-0.1, -0.05) is 46.3 Å². The Bertz CT molecular complexity index is 1210. The highest BCUT2D eigenvalue weighted by Crippen LogP contribution is 2.17. The molecule has 5 heteroatoms. The van der Waals surface area contributed by atoms with Crippen molar-refractivity contribution in [2.24, 2.45) is 0 Å². The van der Waals surface area contributed by atoms with Gasteiger partial charge in [0.1, 0.15) is 11.6 Å². The molecule has 0 aliphatic heterocycles. The Morgan fingerprint density at radius 1 is 0.926 bits per heavy atom. The van der Waals surface area contributed by atoms with Crippen LogP contribution in [0.25, 0.3) is 28.7 Å². The molecule has 1 aromatic heterocycles. The summed E-state index contributed by atoms with van der Waals surface area (Å²) in [7, 11) is 0. The minimum Gasteiger partial charge on any atom is -0.268 e. The quantitative estimate of drug-likeness (QED) is 0.441. The van der Waals surface area contributed by atoms with E-state index < -0.39 is 0 Å². The van der Waals surface area contributed by atoms with Crippen molar-refractivity contribution in [3.05, 3.63) is 105 Å². The molecule has 4 rings (SSSR count). The standard InChI is InChI=1S/C22H14BrFN2O/c23-16-5-3-4-15(14-16)8-13-21-25-20-7-2-1-6-19(20)22(27)26(21)18-11-9-17(24)10-12-18/h1-14H. The van der Waals surface area contributed by atoms with E-state index in [9.17, 15) is 9.18 Å². The normalized spacial score (nSPS) is 11.3. The summed E-state index contributed by atoms with van der Waals surface area (Å²) in [5, 5.41) is 0.515. The van der Waals surface area contributed by atoms with Gasteiger partial charge in [0.2, 0.25) is 0 Å². The predicted molar refractivity (Wildman–Crippen MR) is 110 cm³/mol. The molecule has 0 bridgehead atoms. The highest BCUT2D eigenvalue weighted by atomic mass is 79.9. The number of hydrogen-bond acceptors (Lipinski definition) is 2. The fourth-order valence-corrected chi connectivity index (χ4v) is 3.30. The number of benzene rings is 3. The summed E-state index contributed by atoms with van der Waals surface area (Å²) in [4.78, 5) is 17.7. The van der Waals surface area contributed by atoms with Crippen LogP contribution in [0.3, 0.4) is 0 Å². The smallest absolute Gasteiger partial charge is 0.266 e. The summed E-state index contributed by atoms with van der Waals surface area (Å²) in [5.41, 5.74) is 1.96. The molecule has 132 valence electrons. The van der Waals surface area contributed by atoms with Crippen molar-refractivity contribution in [1.82, 2.24) is 9.55 Å². The number of nitrogens with zero attached hydrogens (tertiary/aromatic N) is 2. The van der Waals surface area contributed by atoms with Crippen LogP contribution in [0.5, 0.6) is 0 Å². The van der Waals surface area contributed by atoms with Crippen LogP contribution >= 0.6 is 15.9 Å². The van der Waals surface area contributed by atoms with Crippen LogP contribution in [0.2, 0.25) is 0 Å². The molecular weight excluding hydrogens is 407 g/mol. The Hall–Kier alpha value is -3.05. The lowest BCUT2D eigenvalue weighted by atomic mass is 10.2. The van der Waals surface area contributed by atoms with Gasteiger partial charge in [-0.25, -0.2) is 9.37 Å². The molecule has 0 amide bonds. The van der Waals surface area contributed by atoms with Gasteiger partial charge in [-0.05, 0) is 60.2 Å². The van der Waals surface area contributed by atoms with Gasteiger partial charge in [0.15, 0.2) is 0 Å². The molecule has 0 saturated carbocycles. The predicted octanol–water partition coefficient (Wildman–Crippen LogP) is 5.46. The number of rotatable bonds is 3. The van der Waals surface area contributed by atoms with Crippen molar-refractivity contribution in [3.8, 4) is 5.69 Å². The molecular formula is C22H14BrFN2O. The maximum Gasteiger partial charge on any atom is 0.266 e. The summed E-state index contributed by atoms with van der Waals surface area (Å²) in [6, 6.07) is 20.8. The van der Waals surface area contributed by atoms with Crippen LogP contribution in [-0.4, -0.2) is 9.55 Å². The van der Waals surface area contributed by atoms with Gasteiger partial charge >= 0.3 is 0 Å². The number of fused-ring (bicyclic) bond motifs is 1. The second kappa shape index (κ2) is 7.29. The van der Waals surface area contributed by atoms with Gasteiger partial charge in [-0.15, -0.1) is 0 Å². The Labute approximate surface area is 163 Å². The van der Waals surface area contributed by atoms with E-state index in [2.05, 4.69) is 20.9 Å². The number of hydrogen-bond donors (Lipinski definition) is 0. The first-order chi connectivity index (χ1) is 13.1. The number of aromatic nitrogens is 2. The first-order valence-electron chi connectivity index (χ1n) is 8.33. The second-order valence-corrected chi connectivity index (χ2v) is 6.91. The van der Waals surface area contributed by atoms with Crippen LogP contribution in [0.1, 0.15) is 11.4 Å². The Morgan fingerprint density at radius 3 is 2.48 bits per heavy atom. The van der Waals surface area contributed by atoms with E-state index in [1.54, 1.807) is 30.3 Å². The molecule has 0 radical (unpaired) electrons. The maximum atomic E-state index is 13.3. The van der Waals surface area contributed by atoms with Crippen LogP contribution in [-0.2, 0) is 0 Å². The zero-order valence-corrected chi connectivity index (χ0v) is 15.7. The molecule has 0 aliphatic carbocycles. The summed E-state index contributed by atoms with van der Waals surface area (Å²) < 4.78 is 15.8. The van der Waals surface area contributed by atoms with Crippen molar-refractivity contribution < 1.29 is 4.39 Å². The van der Waals surface area contributed by atoms with E-state index >= 15 is 0 Å². The Kier molecular flexibility index (Phi) is 4.69. The third-order valence-corrected chi connectivity index (χ3v) is 4.65. The number of halogens is 2.